The van der Waals surface area contributed by atoms with E-state index in [2.05, 4.69) is 114 Å². The highest BCUT2D eigenvalue weighted by Crippen LogP contribution is 2.16. The van der Waals surface area contributed by atoms with Crippen LogP contribution in [0.2, 0.25) is 0 Å². The maximum atomic E-state index is 4.33. The second-order valence-corrected chi connectivity index (χ2v) is 11.9. The molecule has 2 rings (SSSR count). The average molecular weight is 519 g/mol. The van der Waals surface area contributed by atoms with E-state index in [1.807, 2.05) is 11.8 Å². The van der Waals surface area contributed by atoms with Gasteiger partial charge in [0.15, 0.2) is 0 Å². The average Bonchev–Trinajstić information content (AvgIpc) is 3.10. The van der Waals surface area contributed by atoms with Crippen molar-refractivity contribution in [2.45, 2.75) is 92.2 Å². The van der Waals surface area contributed by atoms with Crippen molar-refractivity contribution in [3.05, 3.63) is 82.2 Å². The molecule has 0 aliphatic rings. The number of rotatable bonds is 16. The molecule has 1 N–H and O–H groups in total. The SMILES string of the molecule is C=C(CCC(C)n1c(=C)c2ccccc2c1=C)NC(C)CSC/C=C(\C)CC/C=C(\C)CCC=C(C)C. The summed E-state index contributed by atoms with van der Waals surface area (Å²) in [6, 6.07) is 9.16. The molecular formula is C34H50N2S. The van der Waals surface area contributed by atoms with Gasteiger partial charge in [-0.2, -0.15) is 11.8 Å². The number of nitrogens with zero attached hydrogens (tertiary/aromatic N) is 1. The third kappa shape index (κ3) is 10.5. The minimum Gasteiger partial charge on any atom is -0.386 e. The Morgan fingerprint density at radius 2 is 1.46 bits per heavy atom. The van der Waals surface area contributed by atoms with Crippen LogP contribution >= 0.6 is 11.8 Å². The fourth-order valence-corrected chi connectivity index (χ4v) is 5.68. The molecule has 1 aromatic carbocycles. The first-order chi connectivity index (χ1) is 17.6. The van der Waals surface area contributed by atoms with Crippen molar-refractivity contribution in [2.75, 3.05) is 11.5 Å². The molecule has 1 aromatic heterocycles. The molecule has 2 atom stereocenters. The van der Waals surface area contributed by atoms with Gasteiger partial charge >= 0.3 is 0 Å². The van der Waals surface area contributed by atoms with E-state index in [9.17, 15) is 0 Å². The largest absolute Gasteiger partial charge is 0.386 e. The summed E-state index contributed by atoms with van der Waals surface area (Å²) < 4.78 is 2.29. The standard InChI is InChI=1S/C34H50N2S/c1-25(2)14-12-15-26(3)16-13-17-27(4)22-23-37-24-29(6)35-28(5)20-21-30(7)36-31(8)33-18-10-11-19-34(33)32(36)9/h10-11,14,16,18-19,22,29-30,35H,5,8-9,12-13,15,17,20-21,23-24H2,1-4,6-7H3/b26-16+,27-22+. The Hall–Kier alpha value is -2.39. The highest BCUT2D eigenvalue weighted by molar-refractivity contribution is 7.99. The van der Waals surface area contributed by atoms with Gasteiger partial charge in [-0.05, 0) is 80.1 Å². The molecule has 0 fully saturated rings. The summed E-state index contributed by atoms with van der Waals surface area (Å²) >= 11 is 1.99. The highest BCUT2D eigenvalue weighted by Gasteiger charge is 2.12. The molecule has 0 aliphatic heterocycles. The normalized spacial score (nSPS) is 14.0. The summed E-state index contributed by atoms with van der Waals surface area (Å²) in [6.07, 6.45) is 13.7. The Bertz CT molecular complexity index is 1160. The van der Waals surface area contributed by atoms with Crippen molar-refractivity contribution >= 4 is 35.7 Å². The molecule has 1 heterocycles. The maximum Gasteiger partial charge on any atom is 0.0420 e. The van der Waals surface area contributed by atoms with Gasteiger partial charge in [0.05, 0.1) is 0 Å². The molecule has 0 amide bonds. The van der Waals surface area contributed by atoms with Crippen molar-refractivity contribution in [2.24, 2.45) is 0 Å². The van der Waals surface area contributed by atoms with Gasteiger partial charge in [0.25, 0.3) is 0 Å². The third-order valence-corrected chi connectivity index (χ3v) is 8.06. The highest BCUT2D eigenvalue weighted by atomic mass is 32.2. The Morgan fingerprint density at radius 1 is 0.892 bits per heavy atom. The van der Waals surface area contributed by atoms with E-state index in [-0.39, 0.29) is 0 Å². The van der Waals surface area contributed by atoms with Crippen molar-refractivity contribution in [3.63, 3.8) is 0 Å². The number of fused-ring (bicyclic) bond motifs is 1. The Labute approximate surface area is 231 Å². The number of aromatic nitrogens is 1. The monoisotopic (exact) mass is 518 g/mol. The zero-order valence-corrected chi connectivity index (χ0v) is 25.1. The van der Waals surface area contributed by atoms with Crippen LogP contribution < -0.4 is 16.0 Å². The van der Waals surface area contributed by atoms with E-state index < -0.39 is 0 Å². The van der Waals surface area contributed by atoms with E-state index in [0.29, 0.717) is 12.1 Å². The van der Waals surface area contributed by atoms with Crippen LogP contribution in [0.3, 0.4) is 0 Å². The van der Waals surface area contributed by atoms with E-state index >= 15 is 0 Å². The lowest BCUT2D eigenvalue weighted by Crippen LogP contribution is -2.30. The molecular weight excluding hydrogens is 468 g/mol. The summed E-state index contributed by atoms with van der Waals surface area (Å²) in [6.45, 7) is 26.3. The predicted molar refractivity (Wildman–Crippen MR) is 171 cm³/mol. The lowest BCUT2D eigenvalue weighted by atomic mass is 10.1. The van der Waals surface area contributed by atoms with Gasteiger partial charge in [-0.3, -0.25) is 0 Å². The quantitative estimate of drug-likeness (QED) is 0.177. The van der Waals surface area contributed by atoms with Gasteiger partial charge < -0.3 is 9.88 Å². The third-order valence-electron chi connectivity index (χ3n) is 6.93. The van der Waals surface area contributed by atoms with Crippen molar-refractivity contribution < 1.29 is 0 Å². The van der Waals surface area contributed by atoms with Gasteiger partial charge in [-0.25, -0.2) is 0 Å². The zero-order valence-electron chi connectivity index (χ0n) is 24.3. The molecule has 0 aliphatic carbocycles. The summed E-state index contributed by atoms with van der Waals surface area (Å²) in [5.41, 5.74) is 5.53. The van der Waals surface area contributed by atoms with Crippen molar-refractivity contribution in [3.8, 4) is 0 Å². The number of nitrogens with one attached hydrogen (secondary N) is 1. The first-order valence-electron chi connectivity index (χ1n) is 13.8. The van der Waals surface area contributed by atoms with E-state index in [1.54, 1.807) is 0 Å². The van der Waals surface area contributed by atoms with Gasteiger partial charge in [0.1, 0.15) is 0 Å². The van der Waals surface area contributed by atoms with Crippen LogP contribution in [-0.2, 0) is 0 Å². The fraction of sp³-hybridized carbons (Fsp3) is 0.471. The minimum absolute atomic E-state index is 0.333. The molecule has 0 saturated carbocycles. The Balaban J connectivity index is 1.67. The van der Waals surface area contributed by atoms with Crippen molar-refractivity contribution in [1.82, 2.24) is 9.88 Å². The Morgan fingerprint density at radius 3 is 2.05 bits per heavy atom. The van der Waals surface area contributed by atoms with Crippen LogP contribution in [0.1, 0.15) is 86.1 Å². The maximum absolute atomic E-state index is 4.33. The van der Waals surface area contributed by atoms with Crippen LogP contribution in [0.5, 0.6) is 0 Å². The summed E-state index contributed by atoms with van der Waals surface area (Å²) in [5, 5.41) is 8.14. The van der Waals surface area contributed by atoms with Crippen molar-refractivity contribution in [1.29, 1.82) is 0 Å². The molecule has 3 heteroatoms. The van der Waals surface area contributed by atoms with E-state index in [0.717, 1.165) is 60.0 Å². The number of thioether (sulfide) groups is 1. The van der Waals surface area contributed by atoms with Crippen LogP contribution in [-0.4, -0.2) is 22.1 Å². The first kappa shape index (κ1) is 30.8. The fourth-order valence-electron chi connectivity index (χ4n) is 4.70. The molecule has 0 bridgehead atoms. The molecule has 2 nitrogen and oxygen atoms in total. The van der Waals surface area contributed by atoms with Crippen LogP contribution in [0.25, 0.3) is 23.9 Å². The smallest absolute Gasteiger partial charge is 0.0420 e. The van der Waals surface area contributed by atoms with E-state index in [1.165, 1.54) is 33.9 Å². The number of allylic oxidation sites excluding steroid dienone is 6. The molecule has 202 valence electrons. The van der Waals surface area contributed by atoms with Crippen LogP contribution in [0, 0.1) is 0 Å². The lowest BCUT2D eigenvalue weighted by Gasteiger charge is -2.19. The molecule has 37 heavy (non-hydrogen) atoms. The second-order valence-electron chi connectivity index (χ2n) is 10.8. The summed E-state index contributed by atoms with van der Waals surface area (Å²) in [5.74, 6) is 2.15. The Kier molecular flexibility index (Phi) is 13.1. The van der Waals surface area contributed by atoms with Gasteiger partial charge in [-0.1, -0.05) is 78.9 Å². The minimum atomic E-state index is 0.333. The lowest BCUT2D eigenvalue weighted by molar-refractivity contribution is 0.481. The molecule has 0 radical (unpaired) electrons. The van der Waals surface area contributed by atoms with Crippen LogP contribution in [0.4, 0.5) is 0 Å². The van der Waals surface area contributed by atoms with Crippen LogP contribution in [0.15, 0.2) is 71.5 Å². The number of hydrogen-bond acceptors (Lipinski definition) is 2. The summed E-state index contributed by atoms with van der Waals surface area (Å²) in [7, 11) is 0. The molecule has 0 spiro atoms. The topological polar surface area (TPSA) is 17.0 Å². The molecule has 0 saturated heterocycles. The molecule has 2 unspecified atom stereocenters. The predicted octanol–water partition coefficient (Wildman–Crippen LogP) is 8.45. The van der Waals surface area contributed by atoms with E-state index in [4.69, 9.17) is 0 Å². The second kappa shape index (κ2) is 15.8. The van der Waals surface area contributed by atoms with Gasteiger partial charge in [0, 0.05) is 50.8 Å². The first-order valence-corrected chi connectivity index (χ1v) is 15.0. The zero-order chi connectivity index (χ0) is 27.4. The number of benzene rings is 1. The number of hydrogen-bond donors (Lipinski definition) is 1. The molecule has 2 aromatic rings. The van der Waals surface area contributed by atoms with Gasteiger partial charge in [-0.15, -0.1) is 0 Å². The van der Waals surface area contributed by atoms with Gasteiger partial charge in [0.2, 0.25) is 0 Å². The summed E-state index contributed by atoms with van der Waals surface area (Å²) in [4.78, 5) is 0.